The molecule has 1 aliphatic carbocycles. The van der Waals surface area contributed by atoms with E-state index in [1.165, 1.54) is 5.57 Å². The van der Waals surface area contributed by atoms with Crippen LogP contribution in [0, 0.1) is 0 Å². The van der Waals surface area contributed by atoms with Crippen LogP contribution in [0.3, 0.4) is 0 Å². The molecule has 2 aromatic rings. The topological polar surface area (TPSA) is 29.5 Å². The van der Waals surface area contributed by atoms with Crippen LogP contribution in [0.15, 0.2) is 84.5 Å². The summed E-state index contributed by atoms with van der Waals surface area (Å²) in [6.07, 6.45) is 14.3. The highest BCUT2D eigenvalue weighted by molar-refractivity contribution is 5.92. The molecule has 0 spiro atoms. The second-order valence-electron chi connectivity index (χ2n) is 4.87. The SMILES string of the molecule is CC.CC1=C\C=C/C=C/C=C\1.COc1ccc(O)c2ccccc12. The molecule has 1 N–H and O–H groups in total. The maximum absolute atomic E-state index is 9.54. The average Bonchev–Trinajstić information content (AvgIpc) is 2.61. The molecule has 24 heavy (non-hydrogen) atoms. The van der Waals surface area contributed by atoms with Crippen LogP contribution < -0.4 is 4.74 Å². The third kappa shape index (κ3) is 5.81. The van der Waals surface area contributed by atoms with Gasteiger partial charge in [0.25, 0.3) is 0 Å². The molecule has 2 nitrogen and oxygen atoms in total. The average molecular weight is 322 g/mol. The molecule has 0 saturated heterocycles. The first-order valence-electron chi connectivity index (χ1n) is 8.15. The van der Waals surface area contributed by atoms with Crippen LogP contribution in [0.1, 0.15) is 20.8 Å². The van der Waals surface area contributed by atoms with Crippen LogP contribution in [-0.2, 0) is 0 Å². The number of hydrogen-bond donors (Lipinski definition) is 1. The Hall–Kier alpha value is -2.74. The summed E-state index contributed by atoms with van der Waals surface area (Å²) in [6.45, 7) is 6.08. The summed E-state index contributed by atoms with van der Waals surface area (Å²) in [7, 11) is 1.62. The number of methoxy groups -OCH3 is 1. The summed E-state index contributed by atoms with van der Waals surface area (Å²) in [6, 6.07) is 11.0. The lowest BCUT2D eigenvalue weighted by atomic mass is 10.1. The zero-order chi connectivity index (χ0) is 17.8. The van der Waals surface area contributed by atoms with E-state index in [1.807, 2.05) is 68.5 Å². The van der Waals surface area contributed by atoms with Gasteiger partial charge in [0.15, 0.2) is 0 Å². The highest BCUT2D eigenvalue weighted by atomic mass is 16.5. The summed E-state index contributed by atoms with van der Waals surface area (Å²) < 4.78 is 5.17. The van der Waals surface area contributed by atoms with Crippen LogP contribution in [0.2, 0.25) is 0 Å². The molecule has 3 rings (SSSR count). The number of phenolic OH excluding ortho intramolecular Hbond substituents is 1. The van der Waals surface area contributed by atoms with E-state index in [1.54, 1.807) is 19.2 Å². The fraction of sp³-hybridized carbons (Fsp3) is 0.182. The van der Waals surface area contributed by atoms with Gasteiger partial charge in [0.2, 0.25) is 0 Å². The molecule has 2 heteroatoms. The molecule has 2 aromatic carbocycles. The number of ether oxygens (including phenoxy) is 1. The van der Waals surface area contributed by atoms with Crippen LogP contribution in [0.4, 0.5) is 0 Å². The standard InChI is InChI=1S/C11H10O2.C9H10.C2H6/c1-13-11-7-6-10(12)8-4-2-3-5-9(8)11;1-9-7-5-3-2-4-6-8-9;1-2/h2-7,12H,1H3;2-8H,1H3;1-2H3/b;3-2+,4-2?,5-3?,6-4-,7-5-,8-6?,9-7?,9-8+;. The van der Waals surface area contributed by atoms with Crippen molar-refractivity contribution in [2.75, 3.05) is 7.11 Å². The lowest BCUT2D eigenvalue weighted by Gasteiger charge is -2.05. The van der Waals surface area contributed by atoms with E-state index < -0.39 is 0 Å². The van der Waals surface area contributed by atoms with Crippen LogP contribution in [0.25, 0.3) is 10.8 Å². The van der Waals surface area contributed by atoms with Crippen molar-refractivity contribution < 1.29 is 9.84 Å². The van der Waals surface area contributed by atoms with E-state index in [4.69, 9.17) is 4.74 Å². The molecule has 1 aliphatic rings. The van der Waals surface area contributed by atoms with E-state index in [0.717, 1.165) is 16.5 Å². The van der Waals surface area contributed by atoms with Gasteiger partial charge < -0.3 is 9.84 Å². The highest BCUT2D eigenvalue weighted by Gasteiger charge is 2.03. The molecular weight excluding hydrogens is 296 g/mol. The van der Waals surface area contributed by atoms with Gasteiger partial charge in [-0.3, -0.25) is 0 Å². The molecule has 0 fully saturated rings. The number of aromatic hydroxyl groups is 1. The number of phenols is 1. The summed E-state index contributed by atoms with van der Waals surface area (Å²) in [4.78, 5) is 0. The molecule has 0 amide bonds. The third-order valence-corrected chi connectivity index (χ3v) is 3.24. The Balaban J connectivity index is 0.000000230. The van der Waals surface area contributed by atoms with Crippen molar-refractivity contribution in [3.05, 3.63) is 84.5 Å². The molecule has 0 unspecified atom stereocenters. The van der Waals surface area contributed by atoms with Gasteiger partial charge in [0.05, 0.1) is 7.11 Å². The lowest BCUT2D eigenvalue weighted by molar-refractivity contribution is 0.418. The minimum absolute atomic E-state index is 0.288. The highest BCUT2D eigenvalue weighted by Crippen LogP contribution is 2.31. The molecule has 0 radical (unpaired) electrons. The fourth-order valence-electron chi connectivity index (χ4n) is 2.10. The van der Waals surface area contributed by atoms with Crippen molar-refractivity contribution in [2.45, 2.75) is 20.8 Å². The lowest BCUT2D eigenvalue weighted by Crippen LogP contribution is -1.84. The van der Waals surface area contributed by atoms with Crippen LogP contribution in [0.5, 0.6) is 11.5 Å². The molecule has 0 aromatic heterocycles. The Kier molecular flexibility index (Phi) is 8.77. The predicted octanol–water partition coefficient (Wildman–Crippen LogP) is 6.20. The van der Waals surface area contributed by atoms with Gasteiger partial charge in [-0.05, 0) is 19.1 Å². The van der Waals surface area contributed by atoms with Crippen molar-refractivity contribution in [3.63, 3.8) is 0 Å². The molecule has 0 saturated carbocycles. The molecule has 0 heterocycles. The number of allylic oxidation sites excluding steroid dienone is 8. The van der Waals surface area contributed by atoms with Crippen LogP contribution in [-0.4, -0.2) is 12.2 Å². The Morgan fingerprint density at radius 2 is 1.42 bits per heavy atom. The van der Waals surface area contributed by atoms with Crippen molar-refractivity contribution >= 4 is 10.8 Å². The predicted molar refractivity (Wildman–Crippen MR) is 105 cm³/mol. The Bertz CT molecular complexity index is 750. The third-order valence-electron chi connectivity index (χ3n) is 3.24. The van der Waals surface area contributed by atoms with Gasteiger partial charge in [0, 0.05) is 10.8 Å². The van der Waals surface area contributed by atoms with E-state index in [-0.39, 0.29) is 5.75 Å². The first kappa shape index (κ1) is 19.3. The molecule has 0 atom stereocenters. The van der Waals surface area contributed by atoms with E-state index in [0.29, 0.717) is 0 Å². The zero-order valence-corrected chi connectivity index (χ0v) is 14.9. The maximum atomic E-state index is 9.54. The minimum Gasteiger partial charge on any atom is -0.507 e. The number of rotatable bonds is 1. The molecular formula is C22H26O2. The number of benzene rings is 2. The smallest absolute Gasteiger partial charge is 0.126 e. The van der Waals surface area contributed by atoms with Crippen molar-refractivity contribution in [3.8, 4) is 11.5 Å². The number of hydrogen-bond acceptors (Lipinski definition) is 2. The number of fused-ring (bicyclic) bond motifs is 1. The second kappa shape index (κ2) is 10.9. The maximum Gasteiger partial charge on any atom is 0.126 e. The first-order valence-corrected chi connectivity index (χ1v) is 8.15. The molecule has 0 aliphatic heterocycles. The van der Waals surface area contributed by atoms with Gasteiger partial charge in [-0.25, -0.2) is 0 Å². The quantitative estimate of drug-likeness (QED) is 0.677. The Morgan fingerprint density at radius 1 is 0.792 bits per heavy atom. The summed E-state index contributed by atoms with van der Waals surface area (Å²) in [5.41, 5.74) is 1.29. The Labute approximate surface area is 145 Å². The monoisotopic (exact) mass is 322 g/mol. The second-order valence-corrected chi connectivity index (χ2v) is 4.87. The zero-order valence-electron chi connectivity index (χ0n) is 14.9. The van der Waals surface area contributed by atoms with Gasteiger partial charge >= 0.3 is 0 Å². The van der Waals surface area contributed by atoms with Crippen molar-refractivity contribution in [1.29, 1.82) is 0 Å². The summed E-state index contributed by atoms with van der Waals surface area (Å²) in [5, 5.41) is 11.3. The molecule has 126 valence electrons. The van der Waals surface area contributed by atoms with Crippen molar-refractivity contribution in [2.24, 2.45) is 0 Å². The van der Waals surface area contributed by atoms with Gasteiger partial charge in [-0.15, -0.1) is 0 Å². The van der Waals surface area contributed by atoms with E-state index in [9.17, 15) is 5.11 Å². The minimum atomic E-state index is 0.288. The van der Waals surface area contributed by atoms with E-state index in [2.05, 4.69) is 19.1 Å². The first-order chi connectivity index (χ1) is 11.7. The Morgan fingerprint density at radius 3 is 2.12 bits per heavy atom. The van der Waals surface area contributed by atoms with Crippen molar-refractivity contribution in [1.82, 2.24) is 0 Å². The van der Waals surface area contributed by atoms with Crippen LogP contribution >= 0.6 is 0 Å². The van der Waals surface area contributed by atoms with Gasteiger partial charge in [0.1, 0.15) is 11.5 Å². The van der Waals surface area contributed by atoms with Gasteiger partial charge in [-0.1, -0.05) is 86.2 Å². The van der Waals surface area contributed by atoms with Gasteiger partial charge in [-0.2, -0.15) is 0 Å². The normalized spacial score (nSPS) is 18.2. The van der Waals surface area contributed by atoms with E-state index >= 15 is 0 Å². The summed E-state index contributed by atoms with van der Waals surface area (Å²) >= 11 is 0. The molecule has 0 bridgehead atoms. The summed E-state index contributed by atoms with van der Waals surface area (Å²) in [5.74, 6) is 1.07. The largest absolute Gasteiger partial charge is 0.507 e. The fourth-order valence-corrected chi connectivity index (χ4v) is 2.10.